The molecule has 2 fully saturated rings. The molecule has 1 saturated heterocycles. The van der Waals surface area contributed by atoms with E-state index in [1.807, 2.05) is 0 Å². The highest BCUT2D eigenvalue weighted by molar-refractivity contribution is 5.96. The molecule has 1 saturated carbocycles. The van der Waals surface area contributed by atoms with E-state index in [1.54, 1.807) is 19.1 Å². The molecular formula is C15H20ClN3O3. The lowest BCUT2D eigenvalue weighted by atomic mass is 9.91. The molecular weight excluding hydrogens is 306 g/mol. The summed E-state index contributed by atoms with van der Waals surface area (Å²) in [7, 11) is 0. The van der Waals surface area contributed by atoms with Crippen molar-refractivity contribution in [2.24, 2.45) is 11.3 Å². The first kappa shape index (κ1) is 16.7. The largest absolute Gasteiger partial charge is 0.325 e. The fourth-order valence-electron chi connectivity index (χ4n) is 3.37. The maximum Gasteiger partial charge on any atom is 0.274 e. The third-order valence-electron chi connectivity index (χ3n) is 4.87. The van der Waals surface area contributed by atoms with Gasteiger partial charge in [0.15, 0.2) is 0 Å². The quantitative estimate of drug-likeness (QED) is 0.661. The van der Waals surface area contributed by atoms with Crippen LogP contribution in [0.2, 0.25) is 0 Å². The minimum atomic E-state index is -0.420. The molecule has 6 nitrogen and oxygen atoms in total. The summed E-state index contributed by atoms with van der Waals surface area (Å²) in [5.41, 5.74) is 1.27. The molecule has 1 spiro atoms. The number of nitrogens with one attached hydrogen (secondary N) is 2. The zero-order valence-electron chi connectivity index (χ0n) is 12.4. The van der Waals surface area contributed by atoms with Crippen LogP contribution in [-0.4, -0.2) is 23.9 Å². The lowest BCUT2D eigenvalue weighted by Crippen LogP contribution is -2.31. The molecule has 7 heteroatoms. The first-order valence-corrected chi connectivity index (χ1v) is 7.29. The van der Waals surface area contributed by atoms with E-state index in [-0.39, 0.29) is 35.3 Å². The Morgan fingerprint density at radius 1 is 1.41 bits per heavy atom. The van der Waals surface area contributed by atoms with Gasteiger partial charge in [0.1, 0.15) is 0 Å². The van der Waals surface area contributed by atoms with E-state index in [0.29, 0.717) is 11.3 Å². The van der Waals surface area contributed by atoms with Gasteiger partial charge >= 0.3 is 0 Å². The molecule has 0 radical (unpaired) electrons. The molecule has 0 bridgehead atoms. The Balaban J connectivity index is 0.00000176. The van der Waals surface area contributed by atoms with Gasteiger partial charge in [-0.05, 0) is 50.8 Å². The SMILES string of the molecule is Cc1c(NC(=O)C2CC23CCNCC3)cccc1[N+](=O)[O-].Cl. The second kappa shape index (κ2) is 6.22. The summed E-state index contributed by atoms with van der Waals surface area (Å²) in [4.78, 5) is 22.9. The fourth-order valence-corrected chi connectivity index (χ4v) is 3.37. The number of anilines is 1. The Hall–Kier alpha value is -1.66. The zero-order chi connectivity index (χ0) is 15.0. The van der Waals surface area contributed by atoms with Crippen molar-refractivity contribution in [1.29, 1.82) is 0 Å². The van der Waals surface area contributed by atoms with Crippen molar-refractivity contribution in [3.63, 3.8) is 0 Å². The van der Waals surface area contributed by atoms with E-state index in [2.05, 4.69) is 10.6 Å². The van der Waals surface area contributed by atoms with Gasteiger partial charge in [-0.15, -0.1) is 12.4 Å². The van der Waals surface area contributed by atoms with E-state index in [9.17, 15) is 14.9 Å². The number of rotatable bonds is 3. The Kier molecular flexibility index (Phi) is 4.72. The van der Waals surface area contributed by atoms with Crippen molar-refractivity contribution in [2.45, 2.75) is 26.2 Å². The fraction of sp³-hybridized carbons (Fsp3) is 0.533. The number of hydrogen-bond donors (Lipinski definition) is 2. The summed E-state index contributed by atoms with van der Waals surface area (Å²) in [5.74, 6) is 0.0544. The molecule has 3 rings (SSSR count). The zero-order valence-corrected chi connectivity index (χ0v) is 13.2. The first-order valence-electron chi connectivity index (χ1n) is 7.29. The van der Waals surface area contributed by atoms with Crippen LogP contribution in [0.15, 0.2) is 18.2 Å². The van der Waals surface area contributed by atoms with Gasteiger partial charge in [0, 0.05) is 12.0 Å². The molecule has 1 aliphatic heterocycles. The van der Waals surface area contributed by atoms with E-state index in [4.69, 9.17) is 0 Å². The van der Waals surface area contributed by atoms with E-state index < -0.39 is 4.92 Å². The van der Waals surface area contributed by atoms with Gasteiger partial charge in [-0.25, -0.2) is 0 Å². The van der Waals surface area contributed by atoms with Crippen LogP contribution in [0.3, 0.4) is 0 Å². The predicted octanol–water partition coefficient (Wildman–Crippen LogP) is 2.65. The van der Waals surface area contributed by atoms with Crippen LogP contribution in [0.1, 0.15) is 24.8 Å². The highest BCUT2D eigenvalue weighted by Gasteiger charge is 2.57. The van der Waals surface area contributed by atoms with E-state index in [1.165, 1.54) is 6.07 Å². The van der Waals surface area contributed by atoms with Gasteiger partial charge in [0.05, 0.1) is 16.2 Å². The molecule has 22 heavy (non-hydrogen) atoms. The number of nitro benzene ring substituents is 1. The van der Waals surface area contributed by atoms with Crippen molar-refractivity contribution < 1.29 is 9.72 Å². The smallest absolute Gasteiger partial charge is 0.274 e. The summed E-state index contributed by atoms with van der Waals surface area (Å²) in [6, 6.07) is 4.78. The molecule has 2 aliphatic rings. The van der Waals surface area contributed by atoms with Crippen LogP contribution in [0.25, 0.3) is 0 Å². The highest BCUT2D eigenvalue weighted by atomic mass is 35.5. The minimum absolute atomic E-state index is 0. The van der Waals surface area contributed by atoms with E-state index in [0.717, 1.165) is 32.4 Å². The van der Waals surface area contributed by atoms with Crippen LogP contribution in [0.4, 0.5) is 11.4 Å². The lowest BCUT2D eigenvalue weighted by molar-refractivity contribution is -0.385. The topological polar surface area (TPSA) is 84.3 Å². The van der Waals surface area contributed by atoms with Crippen LogP contribution in [-0.2, 0) is 4.79 Å². The molecule has 1 aliphatic carbocycles. The Morgan fingerprint density at radius 2 is 2.09 bits per heavy atom. The molecule has 2 N–H and O–H groups in total. The van der Waals surface area contributed by atoms with Crippen molar-refractivity contribution in [3.8, 4) is 0 Å². The second-order valence-corrected chi connectivity index (χ2v) is 6.07. The van der Waals surface area contributed by atoms with Gasteiger partial charge in [0.25, 0.3) is 5.69 Å². The first-order chi connectivity index (χ1) is 10.0. The number of hydrogen-bond acceptors (Lipinski definition) is 4. The summed E-state index contributed by atoms with van der Waals surface area (Å²) in [5, 5.41) is 17.1. The Labute approximate surface area is 135 Å². The molecule has 1 aromatic rings. The molecule has 1 unspecified atom stereocenters. The molecule has 1 atom stereocenters. The lowest BCUT2D eigenvalue weighted by Gasteiger charge is -2.23. The molecule has 1 amide bonds. The molecule has 1 heterocycles. The third kappa shape index (κ3) is 2.94. The third-order valence-corrected chi connectivity index (χ3v) is 4.87. The van der Waals surface area contributed by atoms with Gasteiger partial charge < -0.3 is 10.6 Å². The summed E-state index contributed by atoms with van der Waals surface area (Å²) < 4.78 is 0. The van der Waals surface area contributed by atoms with Gasteiger partial charge in [-0.3, -0.25) is 14.9 Å². The number of halogens is 1. The number of piperidine rings is 1. The summed E-state index contributed by atoms with van der Waals surface area (Å²) >= 11 is 0. The van der Waals surface area contributed by atoms with E-state index >= 15 is 0 Å². The maximum absolute atomic E-state index is 12.4. The summed E-state index contributed by atoms with van der Waals surface area (Å²) in [6.45, 7) is 3.61. The van der Waals surface area contributed by atoms with Crippen molar-refractivity contribution in [2.75, 3.05) is 18.4 Å². The molecule has 120 valence electrons. The summed E-state index contributed by atoms with van der Waals surface area (Å²) in [6.07, 6.45) is 3.02. The Bertz CT molecular complexity index is 600. The van der Waals surface area contributed by atoms with Gasteiger partial charge in [-0.2, -0.15) is 0 Å². The van der Waals surface area contributed by atoms with Crippen LogP contribution < -0.4 is 10.6 Å². The van der Waals surface area contributed by atoms with Crippen molar-refractivity contribution in [1.82, 2.24) is 5.32 Å². The average Bonchev–Trinajstić information content (AvgIpc) is 3.15. The van der Waals surface area contributed by atoms with Crippen LogP contribution in [0, 0.1) is 28.4 Å². The normalized spacial score (nSPS) is 21.8. The maximum atomic E-state index is 12.4. The number of carbonyl (C=O) groups excluding carboxylic acids is 1. The number of carbonyl (C=O) groups is 1. The van der Waals surface area contributed by atoms with Crippen LogP contribution >= 0.6 is 12.4 Å². The van der Waals surface area contributed by atoms with Crippen LogP contribution in [0.5, 0.6) is 0 Å². The van der Waals surface area contributed by atoms with Gasteiger partial charge in [0.2, 0.25) is 5.91 Å². The number of benzene rings is 1. The predicted molar refractivity (Wildman–Crippen MR) is 86.4 cm³/mol. The van der Waals surface area contributed by atoms with Gasteiger partial charge in [-0.1, -0.05) is 6.07 Å². The highest BCUT2D eigenvalue weighted by Crippen LogP contribution is 2.58. The molecule has 0 aromatic heterocycles. The number of nitro groups is 1. The number of amides is 1. The van der Waals surface area contributed by atoms with Crippen molar-refractivity contribution >= 4 is 29.7 Å². The molecule has 1 aromatic carbocycles. The monoisotopic (exact) mass is 325 g/mol. The average molecular weight is 326 g/mol. The number of nitrogens with zero attached hydrogens (tertiary/aromatic N) is 1. The second-order valence-electron chi connectivity index (χ2n) is 6.07. The standard InChI is InChI=1S/C15H19N3O3.ClH/c1-10-12(3-2-4-13(10)18(20)21)17-14(19)11-9-15(11)5-7-16-8-6-15;/h2-4,11,16H,5-9H2,1H3,(H,17,19);1H. The Morgan fingerprint density at radius 3 is 2.73 bits per heavy atom. The van der Waals surface area contributed by atoms with Crippen molar-refractivity contribution in [3.05, 3.63) is 33.9 Å². The minimum Gasteiger partial charge on any atom is -0.325 e.